The van der Waals surface area contributed by atoms with Gasteiger partial charge in [-0.1, -0.05) is 44.5 Å². The lowest BCUT2D eigenvalue weighted by Crippen LogP contribution is -2.27. The van der Waals surface area contributed by atoms with E-state index in [2.05, 4.69) is 52.3 Å². The van der Waals surface area contributed by atoms with Crippen LogP contribution in [-0.4, -0.2) is 50.8 Å². The third kappa shape index (κ3) is 5.52. The normalized spacial score (nSPS) is 10.4. The van der Waals surface area contributed by atoms with E-state index in [1.807, 2.05) is 27.7 Å². The van der Waals surface area contributed by atoms with Gasteiger partial charge < -0.3 is 4.59 Å². The van der Waals surface area contributed by atoms with E-state index in [1.54, 1.807) is 4.59 Å². The van der Waals surface area contributed by atoms with Crippen molar-refractivity contribution in [2.75, 3.05) is 0 Å². The highest BCUT2D eigenvalue weighted by Crippen LogP contribution is 1.94. The van der Waals surface area contributed by atoms with Gasteiger partial charge >= 0.3 is 0 Å². The van der Waals surface area contributed by atoms with Gasteiger partial charge in [-0.25, -0.2) is 0 Å². The Morgan fingerprint density at radius 1 is 1.12 bits per heavy atom. The number of hydrogen-bond acceptors (Lipinski definition) is 2. The van der Waals surface area contributed by atoms with Crippen LogP contribution in [0, 0.1) is 0 Å². The van der Waals surface area contributed by atoms with E-state index in [-0.39, 0.29) is 0 Å². The van der Waals surface area contributed by atoms with Gasteiger partial charge in [-0.3, -0.25) is 0 Å². The lowest BCUT2D eigenvalue weighted by atomic mass is 9.16. The van der Waals surface area contributed by atoms with E-state index in [1.165, 1.54) is 0 Å². The average Bonchev–Trinajstić information content (AvgIpc) is 2.62. The second-order valence-electron chi connectivity index (χ2n) is 4.50. The predicted octanol–water partition coefficient (Wildman–Crippen LogP) is -0.411. The first-order chi connectivity index (χ1) is 7.58. The molecule has 0 fully saturated rings. The molecule has 0 unspecified atom stereocenters. The monoisotopic (exact) mass is 208 g/mol. The summed E-state index contributed by atoms with van der Waals surface area (Å²) in [5.41, 5.74) is 0.880. The zero-order valence-corrected chi connectivity index (χ0v) is 10.5. The molecule has 77 valence electrons. The van der Waals surface area contributed by atoms with Crippen LogP contribution >= 0.6 is 0 Å². The summed E-state index contributed by atoms with van der Waals surface area (Å²) in [4.78, 5) is 0. The molecule has 0 N–H and O–H groups in total. The fraction of sp³-hybridized carbons (Fsp3) is 0.750. The molecule has 5 radical (unpaired) electrons. The molecule has 0 aliphatic rings. The van der Waals surface area contributed by atoms with Crippen LogP contribution in [0.3, 0.4) is 0 Å². The van der Waals surface area contributed by atoms with Crippen LogP contribution < -0.4 is 5.59 Å². The Kier molecular flexibility index (Phi) is 5.85. The van der Waals surface area contributed by atoms with Crippen LogP contribution in [0.5, 0.6) is 0 Å². The van der Waals surface area contributed by atoms with Gasteiger partial charge in [0, 0.05) is 18.9 Å². The van der Waals surface area contributed by atoms with E-state index in [0.717, 1.165) is 5.59 Å². The number of nitrogens with zero attached hydrogens (tertiary/aromatic N) is 3. The van der Waals surface area contributed by atoms with Crippen molar-refractivity contribution in [2.24, 2.45) is 0 Å². The highest BCUT2D eigenvalue weighted by Gasteiger charge is 2.06. The lowest BCUT2D eigenvalue weighted by molar-refractivity contribution is 0.877. The van der Waals surface area contributed by atoms with Gasteiger partial charge in [-0.15, -0.1) is 5.10 Å². The van der Waals surface area contributed by atoms with E-state index < -0.39 is 0 Å². The molecule has 1 rings (SSSR count). The summed E-state index contributed by atoms with van der Waals surface area (Å²) in [6, 6.07) is 0. The lowest BCUT2D eigenvalue weighted by Gasteiger charge is -1.99. The third-order valence-electron chi connectivity index (χ3n) is 1.91. The van der Waals surface area contributed by atoms with Crippen LogP contribution in [0.1, 0.15) is 27.7 Å². The number of aromatic nitrogens is 3. The molecular weight excluding hydrogens is 192 g/mol. The highest BCUT2D eigenvalue weighted by atomic mass is 15.4. The maximum absolute atomic E-state index is 4.05. The zero-order chi connectivity index (χ0) is 12.0. The maximum atomic E-state index is 4.05. The summed E-state index contributed by atoms with van der Waals surface area (Å²) in [5.74, 6) is 1.09. The van der Waals surface area contributed by atoms with Crippen molar-refractivity contribution < 1.29 is 0 Å². The number of hydrogen-bond donors (Lipinski definition) is 0. The largest absolute Gasteiger partial charge is 0.315 e. The molecule has 0 aliphatic carbocycles. The number of rotatable bonds is 7. The minimum absolute atomic E-state index is 0.525. The van der Waals surface area contributed by atoms with Crippen molar-refractivity contribution in [3.63, 3.8) is 0 Å². The fourth-order valence-electron chi connectivity index (χ4n) is 1.08. The minimum atomic E-state index is 0.525. The van der Waals surface area contributed by atoms with Gasteiger partial charge in [0.1, 0.15) is 14.3 Å². The van der Waals surface area contributed by atoms with Gasteiger partial charge in [0.25, 0.3) is 0 Å². The smallest absolute Gasteiger partial charge is 0.232 e. The first kappa shape index (κ1) is 13.5. The molecule has 0 atom stereocenters. The molecule has 8 heteroatoms. The Bertz CT molecular complexity index is 302. The third-order valence-corrected chi connectivity index (χ3v) is 1.91. The molecule has 0 saturated carbocycles. The molecule has 0 aliphatic heterocycles. The van der Waals surface area contributed by atoms with Crippen molar-refractivity contribution in [3.05, 3.63) is 6.20 Å². The highest BCUT2D eigenvalue weighted by molar-refractivity contribution is 7.32. The fourth-order valence-corrected chi connectivity index (χ4v) is 1.08. The summed E-state index contributed by atoms with van der Waals surface area (Å²) in [5, 5.41) is 8.05. The summed E-state index contributed by atoms with van der Waals surface area (Å²) in [6.45, 7) is 8.55. The molecule has 1 aromatic rings. The average molecular weight is 207 g/mol. The molecule has 0 spiro atoms. The van der Waals surface area contributed by atoms with Gasteiger partial charge in [0.15, 0.2) is 0 Å². The van der Waals surface area contributed by atoms with Crippen LogP contribution in [0.2, 0.25) is 11.6 Å². The van der Waals surface area contributed by atoms with Gasteiger partial charge in [0.05, 0.1) is 7.17 Å². The van der Waals surface area contributed by atoms with Gasteiger partial charge in [0.2, 0.25) is 7.31 Å². The molecule has 3 nitrogen and oxygen atoms in total. The molecule has 0 aromatic carbocycles. The van der Waals surface area contributed by atoms with Crippen LogP contribution in [0.25, 0.3) is 0 Å². The Hall–Kier alpha value is -0.535. The Balaban J connectivity index is 2.28. The first-order valence-electron chi connectivity index (χ1n) is 5.69. The van der Waals surface area contributed by atoms with Gasteiger partial charge in [-0.05, 0) is 0 Å². The summed E-state index contributed by atoms with van der Waals surface area (Å²) in [6.07, 6.45) is 1.91. The first-order valence-corrected chi connectivity index (χ1v) is 5.69. The summed E-state index contributed by atoms with van der Waals surface area (Å²) in [7, 11) is 10.1. The van der Waals surface area contributed by atoms with Crippen molar-refractivity contribution in [2.45, 2.75) is 39.3 Å². The molecule has 0 amide bonds. The quantitative estimate of drug-likeness (QED) is 0.569. The molecule has 0 bridgehead atoms. The van der Waals surface area contributed by atoms with Crippen molar-refractivity contribution in [3.8, 4) is 0 Å². The van der Waals surface area contributed by atoms with E-state index >= 15 is 0 Å². The van der Waals surface area contributed by atoms with E-state index in [9.17, 15) is 0 Å². The summed E-state index contributed by atoms with van der Waals surface area (Å²) >= 11 is 0. The van der Waals surface area contributed by atoms with Crippen LogP contribution in [0.4, 0.5) is 0 Å². The Morgan fingerprint density at radius 3 is 2.44 bits per heavy atom. The maximum Gasteiger partial charge on any atom is 0.232 e. The van der Waals surface area contributed by atoms with Crippen LogP contribution in [-0.2, 0) is 0 Å². The second-order valence-corrected chi connectivity index (χ2v) is 4.50. The zero-order valence-electron chi connectivity index (χ0n) is 10.5. The predicted molar refractivity (Wildman–Crippen MR) is 74.0 cm³/mol. The molecule has 1 aromatic heterocycles. The van der Waals surface area contributed by atoms with E-state index in [4.69, 9.17) is 0 Å². The Morgan fingerprint density at radius 2 is 1.81 bits per heavy atom. The van der Waals surface area contributed by atoms with Crippen molar-refractivity contribution in [1.29, 1.82) is 0 Å². The molecule has 0 saturated heterocycles. The molecular formula is C8H15B5N3. The molecule has 1 heterocycles. The van der Waals surface area contributed by atoms with Crippen molar-refractivity contribution >= 4 is 41.5 Å². The minimum Gasteiger partial charge on any atom is -0.315 e. The van der Waals surface area contributed by atoms with E-state index in [0.29, 0.717) is 11.6 Å². The van der Waals surface area contributed by atoms with Crippen molar-refractivity contribution in [1.82, 2.24) is 14.9 Å². The van der Waals surface area contributed by atoms with Gasteiger partial charge in [-0.2, -0.15) is 0 Å². The van der Waals surface area contributed by atoms with Crippen LogP contribution in [0.15, 0.2) is 6.20 Å². The summed E-state index contributed by atoms with van der Waals surface area (Å²) < 4.78 is 1.73. The second kappa shape index (κ2) is 6.92. The SMILES string of the molecule is CC(C)[B][B][B]c1cn([B][B]C(C)C)nn1. The topological polar surface area (TPSA) is 30.7 Å². The Labute approximate surface area is 102 Å². The standard InChI is InChI=1S/C8H15B5N3/c1-6(2)9-12-11-8-5-16(15-14-8)13-10-7(3)4/h5-7H,1-4H3. The molecule has 16 heavy (non-hydrogen) atoms.